The average molecular weight is 381 g/mol. The molecular weight excluding hydrogens is 358 g/mol. The number of nitrogens with zero attached hydrogens (tertiary/aromatic N) is 3. The van der Waals surface area contributed by atoms with E-state index in [2.05, 4.69) is 25.9 Å². The van der Waals surface area contributed by atoms with E-state index in [1.165, 1.54) is 0 Å². The summed E-state index contributed by atoms with van der Waals surface area (Å²) in [6.45, 7) is 3.97. The van der Waals surface area contributed by atoms with Crippen molar-refractivity contribution in [3.05, 3.63) is 58.9 Å². The minimum Gasteiger partial charge on any atom is -0.497 e. The lowest BCUT2D eigenvalue weighted by molar-refractivity contribution is -0.117. The largest absolute Gasteiger partial charge is 0.497 e. The molecule has 2 aromatic carbocycles. The number of tetrazole rings is 1. The first-order valence-corrected chi connectivity index (χ1v) is 8.84. The Morgan fingerprint density at radius 3 is 2.61 bits per heavy atom. The molecule has 0 spiro atoms. The normalized spacial score (nSPS) is 11.7. The molecule has 2 N–H and O–H groups in total. The molecule has 0 fully saturated rings. The van der Waals surface area contributed by atoms with Gasteiger partial charge in [0.05, 0.1) is 14.2 Å². The van der Waals surface area contributed by atoms with Crippen molar-refractivity contribution in [2.45, 2.75) is 26.2 Å². The lowest BCUT2D eigenvalue weighted by atomic mass is 9.96. The predicted molar refractivity (Wildman–Crippen MR) is 105 cm³/mol. The van der Waals surface area contributed by atoms with Gasteiger partial charge < -0.3 is 14.8 Å². The Bertz CT molecular complexity index is 956. The molecule has 1 atom stereocenters. The molecule has 3 rings (SSSR count). The standard InChI is InChI=1S/C20H23N5O3/c1-12-5-7-17(13(2)9-12)21-20(26)16(19-22-24-25-23-19)11-14-10-15(27-3)6-8-18(14)28-4/h5-10,16H,11H2,1-4H3,(H,21,26)(H,22,23,24,25). The maximum atomic E-state index is 13.1. The number of carbonyl (C=O) groups excluding carboxylic acids is 1. The quantitative estimate of drug-likeness (QED) is 0.652. The molecule has 1 amide bonds. The summed E-state index contributed by atoms with van der Waals surface area (Å²) in [4.78, 5) is 13.1. The van der Waals surface area contributed by atoms with Crippen molar-refractivity contribution in [1.82, 2.24) is 20.6 Å². The van der Waals surface area contributed by atoms with Crippen LogP contribution in [0.5, 0.6) is 11.5 Å². The van der Waals surface area contributed by atoms with Crippen LogP contribution in [0.3, 0.4) is 0 Å². The van der Waals surface area contributed by atoms with Gasteiger partial charge in [0.1, 0.15) is 17.4 Å². The van der Waals surface area contributed by atoms with Crippen LogP contribution in [0.2, 0.25) is 0 Å². The Kier molecular flexibility index (Phi) is 5.88. The van der Waals surface area contributed by atoms with E-state index in [-0.39, 0.29) is 5.91 Å². The van der Waals surface area contributed by atoms with Crippen LogP contribution in [0.1, 0.15) is 28.4 Å². The number of benzene rings is 2. The fourth-order valence-electron chi connectivity index (χ4n) is 3.05. The molecule has 0 saturated carbocycles. The van der Waals surface area contributed by atoms with Crippen LogP contribution in [0.15, 0.2) is 36.4 Å². The first kappa shape index (κ1) is 19.3. The highest BCUT2D eigenvalue weighted by Crippen LogP contribution is 2.29. The lowest BCUT2D eigenvalue weighted by Crippen LogP contribution is -2.24. The first-order valence-electron chi connectivity index (χ1n) is 8.84. The van der Waals surface area contributed by atoms with Crippen LogP contribution >= 0.6 is 0 Å². The van der Waals surface area contributed by atoms with E-state index in [9.17, 15) is 4.79 Å². The van der Waals surface area contributed by atoms with Crippen molar-refractivity contribution < 1.29 is 14.3 Å². The Morgan fingerprint density at radius 1 is 1.14 bits per heavy atom. The molecule has 8 nitrogen and oxygen atoms in total. The summed E-state index contributed by atoms with van der Waals surface area (Å²) in [6.07, 6.45) is 0.330. The molecule has 3 aromatic rings. The van der Waals surface area contributed by atoms with Crippen molar-refractivity contribution in [1.29, 1.82) is 0 Å². The van der Waals surface area contributed by atoms with E-state index < -0.39 is 5.92 Å². The number of nitrogens with one attached hydrogen (secondary N) is 2. The van der Waals surface area contributed by atoms with Gasteiger partial charge in [-0.25, -0.2) is 0 Å². The fraction of sp³-hybridized carbons (Fsp3) is 0.300. The van der Waals surface area contributed by atoms with Gasteiger partial charge in [-0.3, -0.25) is 4.79 Å². The molecule has 1 aromatic heterocycles. The zero-order valence-electron chi connectivity index (χ0n) is 16.3. The van der Waals surface area contributed by atoms with Crippen molar-refractivity contribution in [2.24, 2.45) is 0 Å². The smallest absolute Gasteiger partial charge is 0.235 e. The molecule has 8 heteroatoms. The van der Waals surface area contributed by atoms with E-state index in [1.807, 2.05) is 44.2 Å². The molecule has 28 heavy (non-hydrogen) atoms. The minimum atomic E-state index is -0.652. The van der Waals surface area contributed by atoms with Gasteiger partial charge in [-0.05, 0) is 55.7 Å². The third-order valence-electron chi connectivity index (χ3n) is 4.54. The summed E-state index contributed by atoms with van der Waals surface area (Å²) >= 11 is 0. The molecule has 1 heterocycles. The van der Waals surface area contributed by atoms with Crippen LogP contribution in [0, 0.1) is 13.8 Å². The number of hydrogen-bond donors (Lipinski definition) is 2. The highest BCUT2D eigenvalue weighted by Gasteiger charge is 2.27. The molecule has 0 aliphatic rings. The topological polar surface area (TPSA) is 102 Å². The van der Waals surface area contributed by atoms with E-state index in [0.29, 0.717) is 23.7 Å². The molecule has 0 aliphatic carbocycles. The molecule has 1 unspecified atom stereocenters. The summed E-state index contributed by atoms with van der Waals surface area (Å²) in [5.74, 6) is 0.775. The molecule has 146 valence electrons. The van der Waals surface area contributed by atoms with Crippen LogP contribution in [0.25, 0.3) is 0 Å². The molecule has 0 aliphatic heterocycles. The van der Waals surface area contributed by atoms with Gasteiger partial charge in [0.2, 0.25) is 5.91 Å². The second-order valence-electron chi connectivity index (χ2n) is 6.51. The fourth-order valence-corrected chi connectivity index (χ4v) is 3.05. The summed E-state index contributed by atoms with van der Waals surface area (Å²) in [6, 6.07) is 11.3. The third kappa shape index (κ3) is 4.28. The Morgan fingerprint density at radius 2 is 1.96 bits per heavy atom. The monoisotopic (exact) mass is 381 g/mol. The third-order valence-corrected chi connectivity index (χ3v) is 4.54. The van der Waals surface area contributed by atoms with E-state index in [4.69, 9.17) is 9.47 Å². The first-order chi connectivity index (χ1) is 13.5. The van der Waals surface area contributed by atoms with Gasteiger partial charge >= 0.3 is 0 Å². The number of aryl methyl sites for hydroxylation is 2. The maximum absolute atomic E-state index is 13.1. The van der Waals surface area contributed by atoms with Crippen LogP contribution in [-0.2, 0) is 11.2 Å². The summed E-state index contributed by atoms with van der Waals surface area (Å²) in [5, 5.41) is 17.1. The highest BCUT2D eigenvalue weighted by molar-refractivity contribution is 5.96. The van der Waals surface area contributed by atoms with Crippen LogP contribution in [-0.4, -0.2) is 40.8 Å². The Balaban J connectivity index is 1.91. The van der Waals surface area contributed by atoms with Gasteiger partial charge in [0, 0.05) is 5.69 Å². The average Bonchev–Trinajstić information content (AvgIpc) is 3.22. The zero-order chi connectivity index (χ0) is 20.1. The molecule has 0 bridgehead atoms. The van der Waals surface area contributed by atoms with Crippen molar-refractivity contribution >= 4 is 11.6 Å². The van der Waals surface area contributed by atoms with Gasteiger partial charge in [0.25, 0.3) is 0 Å². The number of aromatic nitrogens is 4. The zero-order valence-corrected chi connectivity index (χ0v) is 16.3. The molecular formula is C20H23N5O3. The maximum Gasteiger partial charge on any atom is 0.235 e. The van der Waals surface area contributed by atoms with Crippen molar-refractivity contribution in [3.63, 3.8) is 0 Å². The van der Waals surface area contributed by atoms with Gasteiger partial charge in [0.15, 0.2) is 5.82 Å². The van der Waals surface area contributed by atoms with Crippen LogP contribution < -0.4 is 14.8 Å². The van der Waals surface area contributed by atoms with Crippen molar-refractivity contribution in [2.75, 3.05) is 19.5 Å². The number of carbonyl (C=O) groups is 1. The number of hydrogen-bond acceptors (Lipinski definition) is 6. The number of aromatic amines is 1. The Labute approximate surface area is 163 Å². The second kappa shape index (κ2) is 8.51. The number of anilines is 1. The predicted octanol–water partition coefficient (Wildman–Crippen LogP) is 2.80. The van der Waals surface area contributed by atoms with Crippen LogP contribution in [0.4, 0.5) is 5.69 Å². The number of rotatable bonds is 7. The molecule has 0 radical (unpaired) electrons. The molecule has 0 saturated heterocycles. The van der Waals surface area contributed by atoms with Gasteiger partial charge in [-0.2, -0.15) is 5.21 Å². The highest BCUT2D eigenvalue weighted by atomic mass is 16.5. The minimum absolute atomic E-state index is 0.224. The van der Waals surface area contributed by atoms with Gasteiger partial charge in [-0.15, -0.1) is 10.2 Å². The number of ether oxygens (including phenoxy) is 2. The summed E-state index contributed by atoms with van der Waals surface area (Å²) < 4.78 is 10.7. The summed E-state index contributed by atoms with van der Waals surface area (Å²) in [5.41, 5.74) is 3.68. The number of H-pyrrole nitrogens is 1. The lowest BCUT2D eigenvalue weighted by Gasteiger charge is -2.17. The van der Waals surface area contributed by atoms with E-state index in [0.717, 1.165) is 22.4 Å². The SMILES string of the molecule is COc1ccc(OC)c(CC(C(=O)Nc2ccc(C)cc2C)c2nn[nH]n2)c1. The van der Waals surface area contributed by atoms with E-state index >= 15 is 0 Å². The second-order valence-corrected chi connectivity index (χ2v) is 6.51. The number of amides is 1. The summed E-state index contributed by atoms with van der Waals surface area (Å²) in [7, 11) is 3.18. The Hall–Kier alpha value is -3.42. The van der Waals surface area contributed by atoms with E-state index in [1.54, 1.807) is 20.3 Å². The van der Waals surface area contributed by atoms with Gasteiger partial charge in [-0.1, -0.05) is 22.9 Å². The van der Waals surface area contributed by atoms with Crippen molar-refractivity contribution in [3.8, 4) is 11.5 Å². The number of methoxy groups -OCH3 is 2.